The molecule has 1 aliphatic carbocycles. The number of carbonyl (C=O) groups excluding carboxylic acids is 1. The fraction of sp³-hybridized carbons (Fsp3) is 0.333. The molecule has 1 saturated heterocycles. The van der Waals surface area contributed by atoms with Crippen LogP contribution >= 0.6 is 0 Å². The van der Waals surface area contributed by atoms with Crippen LogP contribution in [0.5, 0.6) is 5.75 Å². The van der Waals surface area contributed by atoms with E-state index in [9.17, 15) is 4.79 Å². The highest BCUT2D eigenvalue weighted by Crippen LogP contribution is 2.46. The second-order valence-electron chi connectivity index (χ2n) is 8.93. The summed E-state index contributed by atoms with van der Waals surface area (Å²) in [5.74, 6) is 0.604. The number of likely N-dealkylation sites (N-methyl/N-ethyl adjacent to an activating group) is 1. The topological polar surface area (TPSA) is 48.9 Å². The Morgan fingerprint density at radius 2 is 1.61 bits per heavy atom. The Kier molecular flexibility index (Phi) is 6.11. The summed E-state index contributed by atoms with van der Waals surface area (Å²) in [7, 11) is 4.01. The number of amides is 1. The van der Waals surface area contributed by atoms with Crippen molar-refractivity contribution in [3.05, 3.63) is 83.7 Å². The maximum absolute atomic E-state index is 13.3. The number of rotatable bonds is 6. The molecule has 2 aliphatic rings. The highest BCUT2D eigenvalue weighted by Gasteiger charge is 2.35. The molecule has 1 aliphatic heterocycles. The van der Waals surface area contributed by atoms with E-state index >= 15 is 0 Å². The number of nitrogens with zero attached hydrogens (tertiary/aromatic N) is 4. The molecule has 0 saturated carbocycles. The predicted molar refractivity (Wildman–Crippen MR) is 129 cm³/mol. The van der Waals surface area contributed by atoms with Gasteiger partial charge < -0.3 is 14.5 Å². The van der Waals surface area contributed by atoms with Gasteiger partial charge in [-0.3, -0.25) is 14.7 Å². The van der Waals surface area contributed by atoms with Crippen LogP contribution in [-0.2, 0) is 0 Å². The number of ether oxygens (including phenoxy) is 1. The number of piperazine rings is 1. The van der Waals surface area contributed by atoms with E-state index in [1.165, 1.54) is 22.3 Å². The zero-order valence-electron chi connectivity index (χ0n) is 19.3. The van der Waals surface area contributed by atoms with E-state index in [-0.39, 0.29) is 11.9 Å². The highest BCUT2D eigenvalue weighted by molar-refractivity contribution is 5.96. The molecule has 1 aromatic heterocycles. The highest BCUT2D eigenvalue weighted by atomic mass is 16.5. The summed E-state index contributed by atoms with van der Waals surface area (Å²) in [6.45, 7) is 4.36. The fourth-order valence-corrected chi connectivity index (χ4v) is 4.88. The van der Waals surface area contributed by atoms with Crippen LogP contribution in [0.15, 0.2) is 67.0 Å². The number of pyridine rings is 1. The summed E-state index contributed by atoms with van der Waals surface area (Å²) in [5, 5.41) is 0. The van der Waals surface area contributed by atoms with Gasteiger partial charge in [-0.1, -0.05) is 48.5 Å². The molecule has 2 aromatic carbocycles. The SMILES string of the molecule is CN(C)CCOc1ccncc1C(=O)N1CCN(C2c3ccccc3-c3ccccc32)CC1. The van der Waals surface area contributed by atoms with Gasteiger partial charge in [0.15, 0.2) is 0 Å². The molecule has 33 heavy (non-hydrogen) atoms. The van der Waals surface area contributed by atoms with Crippen LogP contribution in [0.25, 0.3) is 11.1 Å². The Balaban J connectivity index is 1.29. The Morgan fingerprint density at radius 1 is 0.970 bits per heavy atom. The number of carbonyl (C=O) groups is 1. The van der Waals surface area contributed by atoms with Gasteiger partial charge in [0, 0.05) is 45.1 Å². The third-order valence-corrected chi connectivity index (χ3v) is 6.58. The molecular formula is C27H30N4O2. The summed E-state index contributed by atoms with van der Waals surface area (Å²) < 4.78 is 5.90. The lowest BCUT2D eigenvalue weighted by molar-refractivity contribution is 0.0595. The number of fused-ring (bicyclic) bond motifs is 3. The Labute approximate surface area is 195 Å². The number of hydrogen-bond acceptors (Lipinski definition) is 5. The molecule has 170 valence electrons. The van der Waals surface area contributed by atoms with E-state index in [0.717, 1.165) is 19.6 Å². The molecular weight excluding hydrogens is 412 g/mol. The van der Waals surface area contributed by atoms with Crippen LogP contribution in [0.1, 0.15) is 27.5 Å². The summed E-state index contributed by atoms with van der Waals surface area (Å²) in [5.41, 5.74) is 5.92. The standard InChI is InChI=1S/C27H30N4O2/c1-29(2)17-18-33-25-11-12-28-19-24(25)27(32)31-15-13-30(14-16-31)26-22-9-5-3-7-20(22)21-8-4-6-10-23(21)26/h3-12,19,26H,13-18H2,1-2H3. The molecule has 0 atom stereocenters. The van der Waals surface area contributed by atoms with E-state index in [4.69, 9.17) is 4.74 Å². The van der Waals surface area contributed by atoms with Crippen LogP contribution in [-0.4, -0.2) is 79.0 Å². The zero-order valence-corrected chi connectivity index (χ0v) is 19.3. The first-order valence-corrected chi connectivity index (χ1v) is 11.6. The van der Waals surface area contributed by atoms with Gasteiger partial charge in [-0.05, 0) is 42.4 Å². The Bertz CT molecular complexity index is 1090. The van der Waals surface area contributed by atoms with Gasteiger partial charge in [-0.25, -0.2) is 0 Å². The van der Waals surface area contributed by atoms with Crippen LogP contribution in [0.4, 0.5) is 0 Å². The first-order chi connectivity index (χ1) is 16.1. The van der Waals surface area contributed by atoms with Crippen LogP contribution < -0.4 is 4.74 Å². The second kappa shape index (κ2) is 9.33. The van der Waals surface area contributed by atoms with Crippen molar-refractivity contribution in [3.63, 3.8) is 0 Å². The lowest BCUT2D eigenvalue weighted by Gasteiger charge is -2.38. The number of benzene rings is 2. The van der Waals surface area contributed by atoms with Gasteiger partial charge in [-0.2, -0.15) is 0 Å². The quantitative estimate of drug-likeness (QED) is 0.584. The van der Waals surface area contributed by atoms with Crippen molar-refractivity contribution < 1.29 is 9.53 Å². The molecule has 0 N–H and O–H groups in total. The molecule has 0 bridgehead atoms. The van der Waals surface area contributed by atoms with Crippen LogP contribution in [0.3, 0.4) is 0 Å². The average molecular weight is 443 g/mol. The minimum atomic E-state index is -0.00479. The smallest absolute Gasteiger partial charge is 0.259 e. The summed E-state index contributed by atoms with van der Waals surface area (Å²) in [6, 6.07) is 19.4. The summed E-state index contributed by atoms with van der Waals surface area (Å²) >= 11 is 0. The van der Waals surface area contributed by atoms with Crippen molar-refractivity contribution >= 4 is 5.91 Å². The first-order valence-electron chi connectivity index (χ1n) is 11.6. The van der Waals surface area contributed by atoms with Gasteiger partial charge in [0.25, 0.3) is 5.91 Å². The van der Waals surface area contributed by atoms with E-state index in [1.54, 1.807) is 18.5 Å². The molecule has 0 unspecified atom stereocenters. The monoisotopic (exact) mass is 442 g/mol. The van der Waals surface area contributed by atoms with Crippen molar-refractivity contribution in [1.29, 1.82) is 0 Å². The van der Waals surface area contributed by atoms with Crippen LogP contribution in [0, 0.1) is 0 Å². The van der Waals surface area contributed by atoms with Crippen molar-refractivity contribution in [2.45, 2.75) is 6.04 Å². The lowest BCUT2D eigenvalue weighted by Crippen LogP contribution is -2.49. The molecule has 1 amide bonds. The second-order valence-corrected chi connectivity index (χ2v) is 8.93. The van der Waals surface area contributed by atoms with Gasteiger partial charge in [0.05, 0.1) is 11.6 Å². The third-order valence-electron chi connectivity index (χ3n) is 6.58. The van der Waals surface area contributed by atoms with Gasteiger partial charge in [-0.15, -0.1) is 0 Å². The molecule has 5 rings (SSSR count). The maximum atomic E-state index is 13.3. The van der Waals surface area contributed by atoms with Crippen molar-refractivity contribution in [1.82, 2.24) is 19.7 Å². The van der Waals surface area contributed by atoms with E-state index < -0.39 is 0 Å². The molecule has 6 heteroatoms. The van der Waals surface area contributed by atoms with Crippen molar-refractivity contribution in [3.8, 4) is 16.9 Å². The molecule has 6 nitrogen and oxygen atoms in total. The normalized spacial score (nSPS) is 16.0. The molecule has 2 heterocycles. The zero-order chi connectivity index (χ0) is 22.8. The minimum absolute atomic E-state index is 0.00479. The van der Waals surface area contributed by atoms with Gasteiger partial charge in [0.2, 0.25) is 0 Å². The molecule has 1 fully saturated rings. The van der Waals surface area contributed by atoms with E-state index in [2.05, 4.69) is 63.3 Å². The van der Waals surface area contributed by atoms with E-state index in [1.807, 2.05) is 19.0 Å². The molecule has 0 spiro atoms. The minimum Gasteiger partial charge on any atom is -0.491 e. The third kappa shape index (κ3) is 4.24. The average Bonchev–Trinajstić information content (AvgIpc) is 3.18. The van der Waals surface area contributed by atoms with Crippen LogP contribution in [0.2, 0.25) is 0 Å². The molecule has 3 aromatic rings. The molecule has 0 radical (unpaired) electrons. The van der Waals surface area contributed by atoms with E-state index in [0.29, 0.717) is 31.0 Å². The largest absolute Gasteiger partial charge is 0.491 e. The fourth-order valence-electron chi connectivity index (χ4n) is 4.88. The Morgan fingerprint density at radius 3 is 2.24 bits per heavy atom. The first kappa shape index (κ1) is 21.6. The maximum Gasteiger partial charge on any atom is 0.259 e. The number of aromatic nitrogens is 1. The summed E-state index contributed by atoms with van der Waals surface area (Å²) in [6.07, 6.45) is 3.30. The van der Waals surface area contributed by atoms with Gasteiger partial charge in [0.1, 0.15) is 12.4 Å². The predicted octanol–water partition coefficient (Wildman–Crippen LogP) is 3.55. The van der Waals surface area contributed by atoms with Crippen molar-refractivity contribution in [2.24, 2.45) is 0 Å². The van der Waals surface area contributed by atoms with Crippen molar-refractivity contribution in [2.75, 3.05) is 53.4 Å². The lowest BCUT2D eigenvalue weighted by atomic mass is 10.0. The summed E-state index contributed by atoms with van der Waals surface area (Å²) in [4.78, 5) is 24.0. The van der Waals surface area contributed by atoms with Gasteiger partial charge >= 0.3 is 0 Å². The number of hydrogen-bond donors (Lipinski definition) is 0. The Hall–Kier alpha value is -3.22.